The summed E-state index contributed by atoms with van der Waals surface area (Å²) >= 11 is 0. The molecule has 1 aromatic rings. The molecule has 3 rings (SSSR count). The number of nitrogens with zero attached hydrogens (tertiary/aromatic N) is 2. The molecule has 0 aromatic heterocycles. The Hall–Kier alpha value is -2.13. The lowest BCUT2D eigenvalue weighted by Gasteiger charge is -2.35. The van der Waals surface area contributed by atoms with Crippen molar-refractivity contribution in [3.05, 3.63) is 29.8 Å². The van der Waals surface area contributed by atoms with Gasteiger partial charge < -0.3 is 15.0 Å². The molecule has 1 aromatic carbocycles. The predicted molar refractivity (Wildman–Crippen MR) is 106 cm³/mol. The Morgan fingerprint density at radius 1 is 1.20 bits per heavy atom. The monoisotopic (exact) mass is 427 g/mol. The first-order valence-corrected chi connectivity index (χ1v) is 10.3. The molecule has 0 saturated carbocycles. The largest absolute Gasteiger partial charge is 0.416 e. The van der Waals surface area contributed by atoms with Gasteiger partial charge in [0.15, 0.2) is 0 Å². The third-order valence-electron chi connectivity index (χ3n) is 5.43. The topological polar surface area (TPSA) is 61.9 Å². The van der Waals surface area contributed by atoms with E-state index >= 15 is 0 Å². The summed E-state index contributed by atoms with van der Waals surface area (Å²) in [7, 11) is 0. The van der Waals surface area contributed by atoms with Crippen molar-refractivity contribution in [3.8, 4) is 0 Å². The molecule has 166 valence electrons. The molecule has 2 fully saturated rings. The fraction of sp³-hybridized carbons (Fsp3) is 0.619. The lowest BCUT2D eigenvalue weighted by atomic mass is 10.1. The first-order valence-electron chi connectivity index (χ1n) is 10.3. The summed E-state index contributed by atoms with van der Waals surface area (Å²) in [4.78, 5) is 28.3. The predicted octanol–water partition coefficient (Wildman–Crippen LogP) is 2.67. The van der Waals surface area contributed by atoms with Crippen LogP contribution < -0.4 is 10.2 Å². The number of hydrogen-bond donors (Lipinski definition) is 1. The fourth-order valence-corrected chi connectivity index (χ4v) is 4.11. The van der Waals surface area contributed by atoms with E-state index in [2.05, 4.69) is 10.2 Å². The number of anilines is 1. The molecule has 0 aliphatic carbocycles. The van der Waals surface area contributed by atoms with Crippen LogP contribution >= 0.6 is 0 Å². The van der Waals surface area contributed by atoms with Gasteiger partial charge in [0.25, 0.3) is 0 Å². The van der Waals surface area contributed by atoms with Gasteiger partial charge in [0.05, 0.1) is 23.7 Å². The van der Waals surface area contributed by atoms with Crippen molar-refractivity contribution >= 4 is 17.5 Å². The number of ether oxygens (including phenoxy) is 1. The summed E-state index contributed by atoms with van der Waals surface area (Å²) in [6, 6.07) is 4.64. The quantitative estimate of drug-likeness (QED) is 0.710. The standard InChI is InChI=1S/C21H28F3N3O3/c1-14-11-26(12-15(2)30-14)8-4-7-25-20(29)16-9-19(28)27(13-16)18-6-3-5-17(10-18)21(22,23)24/h3,5-6,10,14-16H,4,7-9,11-13H2,1-2H3,(H,25,29)/t14-,15-,16-/m1/s1. The lowest BCUT2D eigenvalue weighted by molar-refractivity contribution is -0.137. The van der Waals surface area contributed by atoms with Crippen molar-refractivity contribution in [3.63, 3.8) is 0 Å². The van der Waals surface area contributed by atoms with E-state index < -0.39 is 17.7 Å². The van der Waals surface area contributed by atoms with Crippen LogP contribution in [0.5, 0.6) is 0 Å². The van der Waals surface area contributed by atoms with E-state index in [9.17, 15) is 22.8 Å². The highest BCUT2D eigenvalue weighted by atomic mass is 19.4. The highest BCUT2D eigenvalue weighted by Gasteiger charge is 2.36. The molecule has 2 aliphatic rings. The number of alkyl halides is 3. The maximum Gasteiger partial charge on any atom is 0.416 e. The number of nitrogens with one attached hydrogen (secondary N) is 1. The Kier molecular flexibility index (Phi) is 7.02. The van der Waals surface area contributed by atoms with Crippen LogP contribution in [0.25, 0.3) is 0 Å². The summed E-state index contributed by atoms with van der Waals surface area (Å²) < 4.78 is 44.5. The highest BCUT2D eigenvalue weighted by Crippen LogP contribution is 2.33. The summed E-state index contributed by atoms with van der Waals surface area (Å²) in [6.45, 7) is 7.23. The number of carbonyl (C=O) groups is 2. The molecule has 0 spiro atoms. The van der Waals surface area contributed by atoms with Crippen molar-refractivity contribution in [1.29, 1.82) is 0 Å². The number of amides is 2. The van der Waals surface area contributed by atoms with E-state index in [0.717, 1.165) is 38.2 Å². The summed E-state index contributed by atoms with van der Waals surface area (Å²) in [5.74, 6) is -1.14. The van der Waals surface area contributed by atoms with Gasteiger partial charge in [-0.25, -0.2) is 0 Å². The van der Waals surface area contributed by atoms with Crippen molar-refractivity contribution in [2.75, 3.05) is 37.6 Å². The van der Waals surface area contributed by atoms with Crippen LogP contribution in [-0.2, 0) is 20.5 Å². The lowest BCUT2D eigenvalue weighted by Crippen LogP contribution is -2.46. The number of carbonyl (C=O) groups excluding carboxylic acids is 2. The van der Waals surface area contributed by atoms with Crippen LogP contribution in [0.15, 0.2) is 24.3 Å². The molecule has 0 unspecified atom stereocenters. The molecule has 3 atom stereocenters. The SMILES string of the molecule is C[C@@H]1CN(CCCNC(=O)[C@@H]2CC(=O)N(c3cccc(C(F)(F)F)c3)C2)C[C@@H](C)O1. The van der Waals surface area contributed by atoms with Crippen molar-refractivity contribution in [2.24, 2.45) is 5.92 Å². The van der Waals surface area contributed by atoms with Crippen LogP contribution in [0.1, 0.15) is 32.3 Å². The normalized spacial score (nSPS) is 25.6. The molecule has 1 N–H and O–H groups in total. The minimum Gasteiger partial charge on any atom is -0.373 e. The van der Waals surface area contributed by atoms with Crippen LogP contribution in [0.4, 0.5) is 18.9 Å². The molecule has 0 bridgehead atoms. The zero-order chi connectivity index (χ0) is 21.9. The Bertz CT molecular complexity index is 761. The summed E-state index contributed by atoms with van der Waals surface area (Å²) in [6.07, 6.45) is -3.32. The van der Waals surface area contributed by atoms with Crippen LogP contribution in [-0.4, -0.2) is 61.6 Å². The van der Waals surface area contributed by atoms with E-state index in [4.69, 9.17) is 4.74 Å². The molecule has 2 aliphatic heterocycles. The maximum atomic E-state index is 12.9. The molecule has 30 heavy (non-hydrogen) atoms. The zero-order valence-electron chi connectivity index (χ0n) is 17.2. The van der Waals surface area contributed by atoms with Gasteiger partial charge >= 0.3 is 6.18 Å². The minimum atomic E-state index is -4.48. The van der Waals surface area contributed by atoms with Gasteiger partial charge in [-0.1, -0.05) is 6.07 Å². The van der Waals surface area contributed by atoms with Crippen molar-refractivity contribution in [2.45, 2.75) is 45.1 Å². The number of benzene rings is 1. The average molecular weight is 427 g/mol. The fourth-order valence-electron chi connectivity index (χ4n) is 4.11. The zero-order valence-corrected chi connectivity index (χ0v) is 17.2. The van der Waals surface area contributed by atoms with Gasteiger partial charge in [-0.05, 0) is 38.5 Å². The Labute approximate surface area is 174 Å². The van der Waals surface area contributed by atoms with Crippen LogP contribution in [0, 0.1) is 5.92 Å². The van der Waals surface area contributed by atoms with Gasteiger partial charge in [0.2, 0.25) is 11.8 Å². The Balaban J connectivity index is 1.47. The smallest absolute Gasteiger partial charge is 0.373 e. The van der Waals surface area contributed by atoms with E-state index in [0.29, 0.717) is 6.54 Å². The van der Waals surface area contributed by atoms with Crippen molar-refractivity contribution < 1.29 is 27.5 Å². The van der Waals surface area contributed by atoms with Gasteiger partial charge in [0.1, 0.15) is 0 Å². The number of rotatable bonds is 6. The third-order valence-corrected chi connectivity index (χ3v) is 5.43. The van der Waals surface area contributed by atoms with E-state index in [1.165, 1.54) is 17.0 Å². The van der Waals surface area contributed by atoms with Gasteiger partial charge in [0, 0.05) is 44.8 Å². The van der Waals surface area contributed by atoms with Crippen LogP contribution in [0.2, 0.25) is 0 Å². The molecule has 0 radical (unpaired) electrons. The van der Waals surface area contributed by atoms with Crippen molar-refractivity contribution in [1.82, 2.24) is 10.2 Å². The first kappa shape index (κ1) is 22.6. The average Bonchev–Trinajstić information content (AvgIpc) is 3.05. The molecule has 2 saturated heterocycles. The second-order valence-electron chi connectivity index (χ2n) is 8.11. The van der Waals surface area contributed by atoms with Crippen LogP contribution in [0.3, 0.4) is 0 Å². The molecular weight excluding hydrogens is 399 g/mol. The van der Waals surface area contributed by atoms with E-state index in [-0.39, 0.29) is 42.7 Å². The summed E-state index contributed by atoms with van der Waals surface area (Å²) in [5, 5.41) is 2.86. The van der Waals surface area contributed by atoms with E-state index in [1.54, 1.807) is 0 Å². The molecule has 2 heterocycles. The number of halogens is 3. The first-order chi connectivity index (χ1) is 14.1. The molecular formula is C21H28F3N3O3. The molecule has 9 heteroatoms. The number of morpholine rings is 1. The van der Waals surface area contributed by atoms with Gasteiger partial charge in [-0.2, -0.15) is 13.2 Å². The Morgan fingerprint density at radius 3 is 2.57 bits per heavy atom. The Morgan fingerprint density at radius 2 is 1.90 bits per heavy atom. The molecule has 2 amide bonds. The van der Waals surface area contributed by atoms with E-state index in [1.807, 2.05) is 13.8 Å². The van der Waals surface area contributed by atoms with Gasteiger partial charge in [-0.15, -0.1) is 0 Å². The third kappa shape index (κ3) is 5.72. The second kappa shape index (κ2) is 9.34. The summed E-state index contributed by atoms with van der Waals surface area (Å²) in [5.41, 5.74) is -0.645. The highest BCUT2D eigenvalue weighted by molar-refractivity contribution is 6.00. The number of hydrogen-bond acceptors (Lipinski definition) is 4. The second-order valence-corrected chi connectivity index (χ2v) is 8.11. The molecule has 6 nitrogen and oxygen atoms in total. The minimum absolute atomic E-state index is 0.000568. The maximum absolute atomic E-state index is 12.9. The van der Waals surface area contributed by atoms with Gasteiger partial charge in [-0.3, -0.25) is 14.5 Å².